The molecular formula is C16H15N3O6. The SMILES string of the molecule is O=C(CC1C2([N+](=O)[O-])C=CC(=O)C1([N+](=O)[O-])CNC2)c1ccccc1. The van der Waals surface area contributed by atoms with Crippen LogP contribution in [0, 0.1) is 26.1 Å². The van der Waals surface area contributed by atoms with Crippen LogP contribution in [0.3, 0.4) is 0 Å². The third-order valence-electron chi connectivity index (χ3n) is 5.08. The third-order valence-corrected chi connectivity index (χ3v) is 5.08. The predicted octanol–water partition coefficient (Wildman–Crippen LogP) is 0.649. The highest BCUT2D eigenvalue weighted by atomic mass is 16.6. The highest BCUT2D eigenvalue weighted by Gasteiger charge is 2.72. The summed E-state index contributed by atoms with van der Waals surface area (Å²) in [6.07, 6.45) is 1.55. The average molecular weight is 345 g/mol. The maximum Gasteiger partial charge on any atom is 0.305 e. The summed E-state index contributed by atoms with van der Waals surface area (Å²) in [5, 5.41) is 26.2. The van der Waals surface area contributed by atoms with Crippen molar-refractivity contribution in [3.05, 3.63) is 68.3 Å². The maximum absolute atomic E-state index is 12.6. The van der Waals surface area contributed by atoms with Crippen LogP contribution >= 0.6 is 0 Å². The molecule has 1 aliphatic carbocycles. The largest absolute Gasteiger partial charge is 0.305 e. The van der Waals surface area contributed by atoms with Crippen molar-refractivity contribution in [2.24, 2.45) is 5.92 Å². The Morgan fingerprint density at radius 1 is 1.16 bits per heavy atom. The van der Waals surface area contributed by atoms with E-state index in [2.05, 4.69) is 5.32 Å². The van der Waals surface area contributed by atoms with Gasteiger partial charge in [-0.15, -0.1) is 0 Å². The van der Waals surface area contributed by atoms with E-state index in [0.717, 1.165) is 12.2 Å². The average Bonchev–Trinajstić information content (AvgIpc) is 2.59. The van der Waals surface area contributed by atoms with Crippen molar-refractivity contribution in [1.29, 1.82) is 0 Å². The topological polar surface area (TPSA) is 132 Å². The minimum Gasteiger partial charge on any atom is -0.303 e. The first-order chi connectivity index (χ1) is 11.8. The summed E-state index contributed by atoms with van der Waals surface area (Å²) in [5.41, 5.74) is -3.79. The summed E-state index contributed by atoms with van der Waals surface area (Å²) in [6, 6.07) is 8.05. The van der Waals surface area contributed by atoms with Crippen molar-refractivity contribution in [2.45, 2.75) is 17.5 Å². The van der Waals surface area contributed by atoms with E-state index in [1.807, 2.05) is 0 Å². The highest BCUT2D eigenvalue weighted by Crippen LogP contribution is 2.43. The van der Waals surface area contributed by atoms with Crippen molar-refractivity contribution < 1.29 is 19.4 Å². The molecule has 0 spiro atoms. The summed E-state index contributed by atoms with van der Waals surface area (Å²) in [5.74, 6) is -2.66. The van der Waals surface area contributed by atoms with Gasteiger partial charge >= 0.3 is 5.54 Å². The molecule has 9 nitrogen and oxygen atoms in total. The summed E-state index contributed by atoms with van der Waals surface area (Å²) in [7, 11) is 0. The summed E-state index contributed by atoms with van der Waals surface area (Å²) in [6.45, 7) is -0.516. The quantitative estimate of drug-likeness (QED) is 0.470. The molecule has 1 saturated heterocycles. The van der Waals surface area contributed by atoms with E-state index in [9.17, 15) is 29.8 Å². The number of Topliss-reactive ketones (excluding diaryl/α,β-unsaturated/α-hetero) is 1. The van der Waals surface area contributed by atoms with Gasteiger partial charge in [0, 0.05) is 21.8 Å². The van der Waals surface area contributed by atoms with Crippen LogP contribution in [0.25, 0.3) is 0 Å². The lowest BCUT2D eigenvalue weighted by Gasteiger charge is -2.44. The maximum atomic E-state index is 12.6. The molecule has 2 bridgehead atoms. The van der Waals surface area contributed by atoms with Crippen LogP contribution < -0.4 is 5.32 Å². The van der Waals surface area contributed by atoms with Crippen molar-refractivity contribution in [1.82, 2.24) is 5.32 Å². The van der Waals surface area contributed by atoms with Gasteiger partial charge in [-0.2, -0.15) is 0 Å². The second-order valence-corrected chi connectivity index (χ2v) is 6.28. The van der Waals surface area contributed by atoms with Crippen LogP contribution in [0.15, 0.2) is 42.5 Å². The number of hydrogen-bond acceptors (Lipinski definition) is 7. The minimum atomic E-state index is -2.22. The van der Waals surface area contributed by atoms with Gasteiger partial charge in [-0.3, -0.25) is 29.8 Å². The van der Waals surface area contributed by atoms with Gasteiger partial charge in [0.2, 0.25) is 5.78 Å². The van der Waals surface area contributed by atoms with Crippen LogP contribution in [-0.2, 0) is 4.79 Å². The number of benzene rings is 1. The number of hydrogen-bond donors (Lipinski definition) is 1. The molecule has 0 radical (unpaired) electrons. The molecule has 1 fully saturated rings. The Morgan fingerprint density at radius 3 is 2.44 bits per heavy atom. The Morgan fingerprint density at radius 2 is 1.84 bits per heavy atom. The van der Waals surface area contributed by atoms with E-state index in [0.29, 0.717) is 5.56 Å². The van der Waals surface area contributed by atoms with Crippen molar-refractivity contribution in [2.75, 3.05) is 13.1 Å². The first-order valence-electron chi connectivity index (χ1n) is 7.66. The molecule has 130 valence electrons. The van der Waals surface area contributed by atoms with Gasteiger partial charge in [0.1, 0.15) is 5.92 Å². The second kappa shape index (κ2) is 5.85. The van der Waals surface area contributed by atoms with Crippen LogP contribution in [-0.4, -0.2) is 45.6 Å². The fourth-order valence-electron chi connectivity index (χ4n) is 3.72. The number of carbonyl (C=O) groups excluding carboxylic acids is 2. The minimum absolute atomic E-state index is 0.174. The molecule has 1 heterocycles. The summed E-state index contributed by atoms with van der Waals surface area (Å²) in [4.78, 5) is 47.0. The van der Waals surface area contributed by atoms with Gasteiger partial charge < -0.3 is 5.32 Å². The number of carbonyl (C=O) groups is 2. The van der Waals surface area contributed by atoms with E-state index >= 15 is 0 Å². The smallest absolute Gasteiger partial charge is 0.303 e. The number of fused-ring (bicyclic) bond motifs is 2. The zero-order valence-corrected chi connectivity index (χ0v) is 13.1. The van der Waals surface area contributed by atoms with E-state index in [1.54, 1.807) is 18.2 Å². The Balaban J connectivity index is 2.10. The second-order valence-electron chi connectivity index (χ2n) is 6.28. The molecule has 1 aromatic carbocycles. The van der Waals surface area contributed by atoms with Crippen LogP contribution in [0.5, 0.6) is 0 Å². The van der Waals surface area contributed by atoms with E-state index in [1.165, 1.54) is 12.1 Å². The monoisotopic (exact) mass is 345 g/mol. The number of nitro groups is 2. The molecule has 0 aromatic heterocycles. The molecule has 25 heavy (non-hydrogen) atoms. The summed E-state index contributed by atoms with van der Waals surface area (Å²) < 4.78 is 0. The van der Waals surface area contributed by atoms with Crippen molar-refractivity contribution in [3.8, 4) is 0 Å². The molecule has 9 heteroatoms. The predicted molar refractivity (Wildman–Crippen MR) is 85.3 cm³/mol. The molecule has 0 amide bonds. The fourth-order valence-corrected chi connectivity index (χ4v) is 3.72. The number of ketones is 2. The lowest BCUT2D eigenvalue weighted by molar-refractivity contribution is -0.617. The third kappa shape index (κ3) is 2.35. The molecule has 3 unspecified atom stereocenters. The first kappa shape index (κ1) is 16.9. The number of piperidine rings is 1. The lowest BCUT2D eigenvalue weighted by Crippen LogP contribution is -2.74. The standard InChI is InChI=1S/C16H15N3O6/c20-12(11-4-2-1-3-5-11)8-13-15(18(22)23)7-6-14(21)16(13,19(24)25)10-17-9-15/h1-7,13,17H,8-10H2. The van der Waals surface area contributed by atoms with Crippen molar-refractivity contribution in [3.63, 3.8) is 0 Å². The molecule has 3 rings (SSSR count). The summed E-state index contributed by atoms with van der Waals surface area (Å²) >= 11 is 0. The Bertz CT molecular complexity index is 792. The van der Waals surface area contributed by atoms with Gasteiger partial charge in [0.25, 0.3) is 5.54 Å². The molecule has 2 aliphatic rings. The van der Waals surface area contributed by atoms with Gasteiger partial charge in [-0.05, 0) is 12.2 Å². The molecule has 1 aromatic rings. The Hall–Kier alpha value is -2.94. The van der Waals surface area contributed by atoms with Gasteiger partial charge in [-0.25, -0.2) is 0 Å². The normalized spacial score (nSPS) is 30.7. The number of rotatable bonds is 5. The van der Waals surface area contributed by atoms with Gasteiger partial charge in [0.05, 0.1) is 13.1 Å². The zero-order chi connectivity index (χ0) is 18.2. The molecule has 1 N–H and O–H groups in total. The van der Waals surface area contributed by atoms with Crippen LogP contribution in [0.2, 0.25) is 0 Å². The molecule has 0 saturated carbocycles. The van der Waals surface area contributed by atoms with E-state index in [4.69, 9.17) is 0 Å². The fraction of sp³-hybridized carbons (Fsp3) is 0.375. The van der Waals surface area contributed by atoms with Gasteiger partial charge in [-0.1, -0.05) is 30.3 Å². The molecule has 1 aliphatic heterocycles. The first-order valence-corrected chi connectivity index (χ1v) is 7.66. The van der Waals surface area contributed by atoms with Crippen LogP contribution in [0.4, 0.5) is 0 Å². The number of nitrogens with zero attached hydrogens (tertiary/aromatic N) is 2. The Labute approximate surface area is 142 Å². The van der Waals surface area contributed by atoms with Crippen molar-refractivity contribution >= 4 is 11.6 Å². The molecule has 3 atom stereocenters. The van der Waals surface area contributed by atoms with E-state index in [-0.39, 0.29) is 13.1 Å². The Kier molecular flexibility index (Phi) is 3.96. The van der Waals surface area contributed by atoms with Gasteiger partial charge in [0.15, 0.2) is 5.78 Å². The van der Waals surface area contributed by atoms with E-state index < -0.39 is 44.8 Å². The zero-order valence-electron chi connectivity index (χ0n) is 13.1. The van der Waals surface area contributed by atoms with Crippen LogP contribution in [0.1, 0.15) is 16.8 Å². The molecular weight excluding hydrogens is 330 g/mol. The highest BCUT2D eigenvalue weighted by molar-refractivity contribution is 6.01. The number of nitrogens with one attached hydrogen (secondary N) is 1. The lowest BCUT2D eigenvalue weighted by atomic mass is 9.61.